The molecule has 0 amide bonds. The number of unbranched alkanes of at least 4 members (excludes halogenated alkanes) is 29. The van der Waals surface area contributed by atoms with Crippen LogP contribution in [0.5, 0.6) is 5.75 Å². The second-order valence-corrected chi connectivity index (χ2v) is 23.8. The van der Waals surface area contributed by atoms with Gasteiger partial charge >= 0.3 is 5.97 Å². The number of nitrogens with zero attached hydrogens (tertiary/aromatic N) is 3. The smallest absolute Gasteiger partial charge is 0.309 e. The molecule has 2 aromatic rings. The number of anilines is 1. The predicted octanol–water partition coefficient (Wildman–Crippen LogP) is 19.8. The molecule has 1 N–H and O–H groups in total. The fraction of sp³-hybridized carbons (Fsp3) is 0.649. The Morgan fingerprint density at radius 2 is 1.20 bits per heavy atom. The quantitative estimate of drug-likeness (QED) is 0.0176. The highest BCUT2D eigenvalue weighted by atomic mass is 16.5. The number of hydrogen-bond donors (Lipinski definition) is 1. The molecule has 2 aliphatic rings. The van der Waals surface area contributed by atoms with Crippen molar-refractivity contribution in [2.45, 2.75) is 283 Å². The Labute approximate surface area is 500 Å². The van der Waals surface area contributed by atoms with Crippen LogP contribution >= 0.6 is 0 Å². The zero-order valence-electron chi connectivity index (χ0n) is 52.6. The fourth-order valence-corrected chi connectivity index (χ4v) is 13.0. The lowest BCUT2D eigenvalue weighted by molar-refractivity contribution is -0.436. The molecule has 0 saturated carbocycles. The van der Waals surface area contributed by atoms with E-state index in [4.69, 9.17) is 9.47 Å². The lowest BCUT2D eigenvalue weighted by atomic mass is 9.70. The van der Waals surface area contributed by atoms with Gasteiger partial charge < -0.3 is 19.5 Å². The van der Waals surface area contributed by atoms with Crippen molar-refractivity contribution < 1.29 is 28.7 Å². The molecule has 2 unspecified atom stereocenters. The summed E-state index contributed by atoms with van der Waals surface area (Å²) in [6, 6.07) is 15.4. The molecule has 0 aliphatic carbocycles. The Morgan fingerprint density at radius 1 is 0.671 bits per heavy atom. The zero-order valence-corrected chi connectivity index (χ0v) is 52.6. The number of methoxy groups -OCH3 is 1. The number of benzene rings is 2. The summed E-state index contributed by atoms with van der Waals surface area (Å²) in [6.45, 7) is 12.0. The van der Waals surface area contributed by atoms with E-state index in [0.717, 1.165) is 79.0 Å². The highest BCUT2D eigenvalue weighted by Crippen LogP contribution is 2.54. The predicted molar refractivity (Wildman–Crippen MR) is 344 cm³/mol. The molecular weight excluding hydrogens is 1010 g/mol. The van der Waals surface area contributed by atoms with Gasteiger partial charge in [-0.25, -0.2) is 0 Å². The lowest BCUT2D eigenvalue weighted by Crippen LogP contribution is -2.35. The second-order valence-electron chi connectivity index (χ2n) is 23.8. The average Bonchev–Trinajstić information content (AvgIpc) is 4.04. The van der Waals surface area contributed by atoms with Crippen molar-refractivity contribution in [3.05, 3.63) is 88.7 Å². The van der Waals surface area contributed by atoms with Crippen LogP contribution in [0.25, 0.3) is 0 Å². The van der Waals surface area contributed by atoms with Crippen LogP contribution in [0.2, 0.25) is 0 Å². The number of aryl methyl sites for hydroxylation is 1. The minimum atomic E-state index is -0.841. The first-order valence-electron chi connectivity index (χ1n) is 33.0. The molecule has 8 nitrogen and oxygen atoms in total. The Bertz CT molecular complexity index is 2490. The third-order valence-corrected chi connectivity index (χ3v) is 17.6. The molecule has 450 valence electrons. The van der Waals surface area contributed by atoms with Crippen LogP contribution < -0.4 is 9.64 Å². The van der Waals surface area contributed by atoms with E-state index >= 15 is 0 Å². The van der Waals surface area contributed by atoms with E-state index in [2.05, 4.69) is 102 Å². The maximum absolute atomic E-state index is 12.3. The first-order valence-corrected chi connectivity index (χ1v) is 33.0. The van der Waals surface area contributed by atoms with E-state index in [1.54, 1.807) is 7.11 Å². The van der Waals surface area contributed by atoms with Gasteiger partial charge in [0, 0.05) is 47.3 Å². The molecule has 0 bridgehead atoms. The largest absolute Gasteiger partial charge is 0.497 e. The fourth-order valence-electron chi connectivity index (χ4n) is 13.0. The van der Waals surface area contributed by atoms with Crippen molar-refractivity contribution >= 4 is 29.5 Å². The number of allylic oxidation sites excluding steroid dienone is 6. The maximum Gasteiger partial charge on any atom is 0.309 e. The third kappa shape index (κ3) is 22.9. The number of ether oxygens (including phenoxy) is 2. The van der Waals surface area contributed by atoms with Crippen molar-refractivity contribution in [1.82, 2.24) is 0 Å². The molecule has 0 fully saturated rings. The summed E-state index contributed by atoms with van der Waals surface area (Å²) >= 11 is 0. The molecular formula is C74H110N3O5+. The van der Waals surface area contributed by atoms with Crippen LogP contribution in [0.15, 0.2) is 72.0 Å². The Kier molecular flexibility index (Phi) is 34.9. The van der Waals surface area contributed by atoms with Crippen molar-refractivity contribution in [3.8, 4) is 35.5 Å². The van der Waals surface area contributed by atoms with Crippen molar-refractivity contribution in [1.29, 1.82) is 5.26 Å². The number of carboxylic acid groups (broad SMARTS) is 1. The molecule has 0 spiro atoms. The normalized spacial score (nSPS) is 16.9. The summed E-state index contributed by atoms with van der Waals surface area (Å²) in [4.78, 5) is 26.2. The number of aliphatic carboxylic acids is 1. The molecule has 82 heavy (non-hydrogen) atoms. The minimum absolute atomic E-state index is 0.0152. The monoisotopic (exact) mass is 1120 g/mol. The van der Waals surface area contributed by atoms with Crippen LogP contribution in [0, 0.1) is 41.9 Å². The number of fused-ring (bicyclic) bond motifs is 2. The van der Waals surface area contributed by atoms with E-state index in [0.29, 0.717) is 38.0 Å². The zero-order chi connectivity index (χ0) is 58.9. The number of rotatable bonds is 47. The lowest BCUT2D eigenvalue weighted by Gasteiger charge is -2.33. The molecule has 2 heterocycles. The Morgan fingerprint density at radius 3 is 1.68 bits per heavy atom. The van der Waals surface area contributed by atoms with Gasteiger partial charge in [-0.15, -0.1) is 23.7 Å². The summed E-state index contributed by atoms with van der Waals surface area (Å²) in [5.74, 6) is 13.2. The third-order valence-electron chi connectivity index (χ3n) is 17.6. The summed E-state index contributed by atoms with van der Waals surface area (Å²) in [5.41, 5.74) is 7.22. The number of carbonyl (C=O) groups is 2. The van der Waals surface area contributed by atoms with Gasteiger partial charge in [0.25, 0.3) is 6.47 Å². The van der Waals surface area contributed by atoms with Crippen molar-refractivity contribution in [3.63, 3.8) is 0 Å². The summed E-state index contributed by atoms with van der Waals surface area (Å²) in [5, 5.41) is 21.2. The van der Waals surface area contributed by atoms with Gasteiger partial charge in [-0.2, -0.15) is 9.84 Å². The minimum Gasteiger partial charge on any atom is -0.497 e. The van der Waals surface area contributed by atoms with E-state index in [1.165, 1.54) is 184 Å². The molecule has 0 saturated heterocycles. The van der Waals surface area contributed by atoms with E-state index in [-0.39, 0.29) is 13.0 Å². The maximum atomic E-state index is 12.3. The second kappa shape index (κ2) is 41.5. The molecule has 0 radical (unpaired) electrons. The van der Waals surface area contributed by atoms with Crippen LogP contribution in [0.3, 0.4) is 0 Å². The number of nitriles is 1. The van der Waals surface area contributed by atoms with Crippen LogP contribution in [-0.2, 0) is 25.2 Å². The van der Waals surface area contributed by atoms with Crippen molar-refractivity contribution in [2.24, 2.45) is 0 Å². The van der Waals surface area contributed by atoms with E-state index in [9.17, 15) is 20.0 Å². The van der Waals surface area contributed by atoms with Crippen LogP contribution in [0.1, 0.15) is 282 Å². The van der Waals surface area contributed by atoms with Crippen molar-refractivity contribution in [2.75, 3.05) is 31.7 Å². The highest BCUT2D eigenvalue weighted by Gasteiger charge is 2.50. The SMILES string of the molecule is CC#CCCC1(CCCCCCCCCCCCCCCCCC)C(/C=C/C(C#N)=C/C=C2/N(CCOC=O)c3ccc(OC)cc3C2(CC#CC)CCCCCCCCCCCCCCCCC)=[N+](CCC(=O)O)c2ccc(C)cc21. The average molecular weight is 1120 g/mol. The molecule has 0 aromatic heterocycles. The molecule has 2 atom stereocenters. The van der Waals surface area contributed by atoms with E-state index in [1.807, 2.05) is 32.1 Å². The number of hydrogen-bond acceptors (Lipinski definition) is 6. The molecule has 2 aromatic carbocycles. The van der Waals surface area contributed by atoms with Gasteiger partial charge in [-0.1, -0.05) is 225 Å². The first kappa shape index (κ1) is 69.0. The van der Waals surface area contributed by atoms with Gasteiger partial charge in [-0.3, -0.25) is 9.59 Å². The highest BCUT2D eigenvalue weighted by molar-refractivity contribution is 6.04. The van der Waals surface area contributed by atoms with Crippen LogP contribution in [-0.4, -0.2) is 54.6 Å². The molecule has 2 aliphatic heterocycles. The summed E-state index contributed by atoms with van der Waals surface area (Å²) < 4.78 is 13.5. The molecule has 8 heteroatoms. The van der Waals surface area contributed by atoms with Gasteiger partial charge in [0.2, 0.25) is 5.69 Å². The van der Waals surface area contributed by atoms with Gasteiger partial charge in [-0.05, 0) is 88.1 Å². The summed E-state index contributed by atoms with van der Waals surface area (Å²) in [6.07, 6.45) is 52.3. The summed E-state index contributed by atoms with van der Waals surface area (Å²) in [7, 11) is 1.71. The van der Waals surface area contributed by atoms with Gasteiger partial charge in [0.1, 0.15) is 18.8 Å². The van der Waals surface area contributed by atoms with E-state index < -0.39 is 16.8 Å². The van der Waals surface area contributed by atoms with Gasteiger partial charge in [0.05, 0.1) is 30.7 Å². The first-order chi connectivity index (χ1) is 40.2. The standard InChI is InChI=1S/C74H109N3O5/c1-7-11-15-17-19-21-23-25-27-29-31-33-35-37-39-42-55-74(53-40-13-9-3)66-59-63(5)43-47-68(66)76(56-51-72(79)80)70(74)49-44-64(61-75)45-50-71-73(52-14-10-4,67-60-65(81-6)46-48-69(67)77(71)57-58-82-62-78)54-41-38-36-34-32-30-28-26-24-22-20-18-16-12-8-2/h43-50,59-60,62H,7-8,11-12,15-42,51-58H2,1-6H3/p+1. The van der Waals surface area contributed by atoms with Gasteiger partial charge in [0.15, 0.2) is 12.3 Å². The Balaban J connectivity index is 1.63. The number of carbonyl (C=O) groups excluding carboxylic acids is 1. The number of carboxylic acids is 1. The topological polar surface area (TPSA) is 103 Å². The molecule has 4 rings (SSSR count). The van der Waals surface area contributed by atoms with Crippen LogP contribution in [0.4, 0.5) is 11.4 Å². The Hall–Kier alpha value is -5.52.